The normalized spacial score (nSPS) is 11.0. The Kier molecular flexibility index (Phi) is 4.36. The zero-order valence-electron chi connectivity index (χ0n) is 14.3. The summed E-state index contributed by atoms with van der Waals surface area (Å²) in [4.78, 5) is 16.5. The molecule has 0 fully saturated rings. The number of rotatable bonds is 4. The number of hydrogen-bond donors (Lipinski definition) is 2. The van der Waals surface area contributed by atoms with Gasteiger partial charge in [0.25, 0.3) is 0 Å². The highest BCUT2D eigenvalue weighted by molar-refractivity contribution is 5.90. The Morgan fingerprint density at radius 1 is 1.21 bits per heavy atom. The minimum absolute atomic E-state index is 0.0793. The second-order valence-electron chi connectivity index (χ2n) is 6.10. The van der Waals surface area contributed by atoms with Gasteiger partial charge in [-0.05, 0) is 44.5 Å². The monoisotopic (exact) mass is 322 g/mol. The molecule has 0 bridgehead atoms. The Morgan fingerprint density at radius 2 is 2.00 bits per heavy atom. The van der Waals surface area contributed by atoms with Gasteiger partial charge in [0.2, 0.25) is 5.91 Å². The van der Waals surface area contributed by atoms with Gasteiger partial charge < -0.3 is 15.5 Å². The summed E-state index contributed by atoms with van der Waals surface area (Å²) < 4.78 is 2.01. The first kappa shape index (κ1) is 16.2. The number of nitrogens with two attached hydrogens (primary N) is 1. The van der Waals surface area contributed by atoms with Crippen molar-refractivity contribution in [2.45, 2.75) is 27.2 Å². The maximum atomic E-state index is 11.7. The lowest BCUT2D eigenvalue weighted by Crippen LogP contribution is -2.16. The van der Waals surface area contributed by atoms with Crippen LogP contribution in [0, 0.1) is 20.8 Å². The summed E-state index contributed by atoms with van der Waals surface area (Å²) in [5.41, 5.74) is 12.6. The molecule has 5 nitrogen and oxygen atoms in total. The SMILES string of the molecule is Cc1ccc(C)c(-c2nc3ccc(NC(=O)CCN)cn3c2C)c1. The number of anilines is 1. The number of aromatic nitrogens is 2. The Labute approximate surface area is 141 Å². The number of benzene rings is 1. The number of nitrogens with zero attached hydrogens (tertiary/aromatic N) is 2. The first-order valence-electron chi connectivity index (χ1n) is 8.06. The molecule has 124 valence electrons. The van der Waals surface area contributed by atoms with Crippen LogP contribution < -0.4 is 11.1 Å². The number of carbonyl (C=O) groups is 1. The summed E-state index contributed by atoms with van der Waals surface area (Å²) in [5, 5.41) is 2.86. The topological polar surface area (TPSA) is 72.4 Å². The van der Waals surface area contributed by atoms with Gasteiger partial charge in [0.15, 0.2) is 0 Å². The fourth-order valence-electron chi connectivity index (χ4n) is 2.84. The molecule has 1 amide bonds. The molecule has 1 aromatic carbocycles. The predicted molar refractivity (Wildman–Crippen MR) is 97.1 cm³/mol. The largest absolute Gasteiger partial charge is 0.330 e. The van der Waals surface area contributed by atoms with Crippen molar-refractivity contribution >= 4 is 17.2 Å². The molecule has 0 radical (unpaired) electrons. The van der Waals surface area contributed by atoms with Gasteiger partial charge in [0, 0.05) is 30.4 Å². The lowest BCUT2D eigenvalue weighted by atomic mass is 10.0. The molecule has 0 aliphatic rings. The molecule has 0 aliphatic heterocycles. The molecule has 0 saturated carbocycles. The average Bonchev–Trinajstić information content (AvgIpc) is 2.87. The average molecular weight is 322 g/mol. The summed E-state index contributed by atoms with van der Waals surface area (Å²) in [6.07, 6.45) is 2.22. The predicted octanol–water partition coefficient (Wildman–Crippen LogP) is 3.21. The van der Waals surface area contributed by atoms with Crippen LogP contribution in [0.15, 0.2) is 36.5 Å². The Hall–Kier alpha value is -2.66. The Balaban J connectivity index is 2.04. The van der Waals surface area contributed by atoms with Crippen LogP contribution in [-0.4, -0.2) is 21.8 Å². The van der Waals surface area contributed by atoms with Crippen molar-refractivity contribution in [3.63, 3.8) is 0 Å². The van der Waals surface area contributed by atoms with Crippen LogP contribution >= 0.6 is 0 Å². The van der Waals surface area contributed by atoms with Gasteiger partial charge in [-0.25, -0.2) is 4.98 Å². The van der Waals surface area contributed by atoms with Crippen molar-refractivity contribution in [3.05, 3.63) is 53.3 Å². The van der Waals surface area contributed by atoms with Crippen LogP contribution in [0.4, 0.5) is 5.69 Å². The molecule has 24 heavy (non-hydrogen) atoms. The number of amides is 1. The highest BCUT2D eigenvalue weighted by Gasteiger charge is 2.13. The summed E-state index contributed by atoms with van der Waals surface area (Å²) in [7, 11) is 0. The van der Waals surface area contributed by atoms with Gasteiger partial charge >= 0.3 is 0 Å². The van der Waals surface area contributed by atoms with E-state index in [0.29, 0.717) is 13.0 Å². The molecule has 0 aliphatic carbocycles. The van der Waals surface area contributed by atoms with Crippen molar-refractivity contribution < 1.29 is 4.79 Å². The van der Waals surface area contributed by atoms with E-state index in [-0.39, 0.29) is 5.91 Å². The number of imidazole rings is 1. The van der Waals surface area contributed by atoms with Gasteiger partial charge in [-0.3, -0.25) is 4.79 Å². The number of carbonyl (C=O) groups excluding carboxylic acids is 1. The molecule has 0 unspecified atom stereocenters. The Morgan fingerprint density at radius 3 is 2.75 bits per heavy atom. The molecule has 5 heteroatoms. The summed E-state index contributed by atoms with van der Waals surface area (Å²) in [5.74, 6) is -0.0793. The zero-order chi connectivity index (χ0) is 17.3. The fraction of sp³-hybridized carbons (Fsp3) is 0.263. The number of hydrogen-bond acceptors (Lipinski definition) is 3. The molecule has 2 aromatic heterocycles. The first-order chi connectivity index (χ1) is 11.5. The van der Waals surface area contributed by atoms with Crippen LogP contribution in [0.1, 0.15) is 23.2 Å². The van der Waals surface area contributed by atoms with Crippen molar-refractivity contribution in [2.24, 2.45) is 5.73 Å². The van der Waals surface area contributed by atoms with E-state index in [4.69, 9.17) is 10.7 Å². The third kappa shape index (κ3) is 3.03. The molecular weight excluding hydrogens is 300 g/mol. The molecule has 0 atom stereocenters. The third-order valence-electron chi connectivity index (χ3n) is 4.16. The van der Waals surface area contributed by atoms with Crippen molar-refractivity contribution in [3.8, 4) is 11.3 Å². The van der Waals surface area contributed by atoms with Crippen LogP contribution in [0.5, 0.6) is 0 Å². The minimum atomic E-state index is -0.0793. The molecule has 0 saturated heterocycles. The summed E-state index contributed by atoms with van der Waals surface area (Å²) in [6.45, 7) is 6.56. The second kappa shape index (κ2) is 6.45. The van der Waals surface area contributed by atoms with Gasteiger partial charge in [0.1, 0.15) is 5.65 Å². The van der Waals surface area contributed by atoms with Crippen LogP contribution in [-0.2, 0) is 4.79 Å². The quantitative estimate of drug-likeness (QED) is 0.774. The maximum Gasteiger partial charge on any atom is 0.225 e. The number of nitrogens with one attached hydrogen (secondary N) is 1. The Bertz CT molecular complexity index is 911. The zero-order valence-corrected chi connectivity index (χ0v) is 14.3. The van der Waals surface area contributed by atoms with Crippen LogP contribution in [0.2, 0.25) is 0 Å². The van der Waals surface area contributed by atoms with Crippen LogP contribution in [0.3, 0.4) is 0 Å². The highest BCUT2D eigenvalue weighted by Crippen LogP contribution is 2.28. The summed E-state index contributed by atoms with van der Waals surface area (Å²) >= 11 is 0. The number of fused-ring (bicyclic) bond motifs is 1. The van der Waals surface area contributed by atoms with Crippen molar-refractivity contribution in [2.75, 3.05) is 11.9 Å². The van der Waals surface area contributed by atoms with E-state index in [1.807, 2.05) is 29.7 Å². The van der Waals surface area contributed by atoms with Gasteiger partial charge in [-0.1, -0.05) is 17.7 Å². The molecule has 3 N–H and O–H groups in total. The fourth-order valence-corrected chi connectivity index (χ4v) is 2.84. The third-order valence-corrected chi connectivity index (χ3v) is 4.16. The van der Waals surface area contributed by atoms with E-state index in [0.717, 1.165) is 28.3 Å². The second-order valence-corrected chi connectivity index (χ2v) is 6.10. The maximum absolute atomic E-state index is 11.7. The molecule has 2 heterocycles. The first-order valence-corrected chi connectivity index (χ1v) is 8.06. The van der Waals surface area contributed by atoms with E-state index in [2.05, 4.69) is 37.4 Å². The lowest BCUT2D eigenvalue weighted by molar-refractivity contribution is -0.116. The number of pyridine rings is 1. The molecule has 3 rings (SSSR count). The van der Waals surface area contributed by atoms with Crippen molar-refractivity contribution in [1.29, 1.82) is 0 Å². The van der Waals surface area contributed by atoms with Crippen molar-refractivity contribution in [1.82, 2.24) is 9.38 Å². The van der Waals surface area contributed by atoms with E-state index >= 15 is 0 Å². The minimum Gasteiger partial charge on any atom is -0.330 e. The molecule has 3 aromatic rings. The summed E-state index contributed by atoms with van der Waals surface area (Å²) in [6, 6.07) is 10.2. The number of aryl methyl sites for hydroxylation is 3. The van der Waals surface area contributed by atoms with Gasteiger partial charge in [0.05, 0.1) is 11.4 Å². The van der Waals surface area contributed by atoms with E-state index < -0.39 is 0 Å². The van der Waals surface area contributed by atoms with Crippen LogP contribution in [0.25, 0.3) is 16.9 Å². The van der Waals surface area contributed by atoms with Gasteiger partial charge in [-0.2, -0.15) is 0 Å². The van der Waals surface area contributed by atoms with E-state index in [1.165, 1.54) is 11.1 Å². The molecular formula is C19H22N4O. The lowest BCUT2D eigenvalue weighted by Gasteiger charge is -2.07. The molecule has 0 spiro atoms. The van der Waals surface area contributed by atoms with E-state index in [1.54, 1.807) is 0 Å². The van der Waals surface area contributed by atoms with E-state index in [9.17, 15) is 4.79 Å². The highest BCUT2D eigenvalue weighted by atomic mass is 16.1. The van der Waals surface area contributed by atoms with Gasteiger partial charge in [-0.15, -0.1) is 0 Å². The standard InChI is InChI=1S/C19H22N4O/c1-12-4-5-13(2)16(10-12)19-14(3)23-11-15(6-7-17(23)22-19)21-18(24)8-9-20/h4-7,10-11H,8-9,20H2,1-3H3,(H,21,24). The smallest absolute Gasteiger partial charge is 0.225 e.